The van der Waals surface area contributed by atoms with E-state index in [9.17, 15) is 4.79 Å². The minimum atomic E-state index is -0.513. The molecule has 8 nitrogen and oxygen atoms in total. The van der Waals surface area contributed by atoms with Gasteiger partial charge in [0.25, 0.3) is 0 Å². The molecule has 0 atom stereocenters. The van der Waals surface area contributed by atoms with Gasteiger partial charge in [0.15, 0.2) is 0 Å². The van der Waals surface area contributed by atoms with Crippen molar-refractivity contribution < 1.29 is 9.53 Å². The van der Waals surface area contributed by atoms with Crippen molar-refractivity contribution in [3.63, 3.8) is 0 Å². The molecule has 2 amide bonds. The number of ether oxygens (including phenoxy) is 1. The number of anilines is 2. The first-order valence-corrected chi connectivity index (χ1v) is 8.78. The molecule has 144 valence electrons. The van der Waals surface area contributed by atoms with Gasteiger partial charge in [0.1, 0.15) is 0 Å². The number of rotatable bonds is 5. The van der Waals surface area contributed by atoms with Crippen LogP contribution in [0, 0.1) is 13.8 Å². The van der Waals surface area contributed by atoms with Gasteiger partial charge in [0.05, 0.1) is 23.2 Å². The molecule has 1 aromatic heterocycles. The SMILES string of the molecule is COCCN=C(NC(=O)Nc1ccc(Cl)c(Cl)c1)Nc1nc(C)cc(C)n1. The first-order valence-electron chi connectivity index (χ1n) is 8.03. The largest absolute Gasteiger partial charge is 0.383 e. The summed E-state index contributed by atoms with van der Waals surface area (Å²) in [6, 6.07) is 6.11. The van der Waals surface area contributed by atoms with Gasteiger partial charge in [-0.05, 0) is 38.1 Å². The zero-order chi connectivity index (χ0) is 19.8. The van der Waals surface area contributed by atoms with E-state index in [0.29, 0.717) is 34.8 Å². The molecule has 2 aromatic rings. The Bertz CT molecular complexity index is 824. The molecule has 0 saturated carbocycles. The summed E-state index contributed by atoms with van der Waals surface area (Å²) in [4.78, 5) is 25.1. The van der Waals surface area contributed by atoms with Gasteiger partial charge in [-0.25, -0.2) is 14.8 Å². The second-order valence-corrected chi connectivity index (χ2v) is 6.34. The number of carbonyl (C=O) groups excluding carboxylic acids is 1. The minimum absolute atomic E-state index is 0.189. The van der Waals surface area contributed by atoms with Crippen LogP contribution in [0.1, 0.15) is 11.4 Å². The van der Waals surface area contributed by atoms with Crippen LogP contribution < -0.4 is 16.0 Å². The lowest BCUT2D eigenvalue weighted by Gasteiger charge is -2.12. The Kier molecular flexibility index (Phi) is 7.78. The fraction of sp³-hybridized carbons (Fsp3) is 0.294. The van der Waals surface area contributed by atoms with E-state index in [0.717, 1.165) is 11.4 Å². The van der Waals surface area contributed by atoms with E-state index in [2.05, 4.69) is 30.9 Å². The Morgan fingerprint density at radius 2 is 1.81 bits per heavy atom. The number of urea groups is 1. The lowest BCUT2D eigenvalue weighted by molar-refractivity contribution is 0.208. The number of benzene rings is 1. The fourth-order valence-corrected chi connectivity index (χ4v) is 2.39. The highest BCUT2D eigenvalue weighted by Crippen LogP contribution is 2.24. The van der Waals surface area contributed by atoms with Crippen molar-refractivity contribution in [3.8, 4) is 0 Å². The van der Waals surface area contributed by atoms with Crippen LogP contribution in [-0.2, 0) is 4.74 Å². The summed E-state index contributed by atoms with van der Waals surface area (Å²) in [5, 5.41) is 8.93. The van der Waals surface area contributed by atoms with Gasteiger partial charge in [-0.1, -0.05) is 23.2 Å². The molecule has 0 radical (unpaired) electrons. The molecule has 0 unspecified atom stereocenters. The Labute approximate surface area is 167 Å². The highest BCUT2D eigenvalue weighted by Gasteiger charge is 2.10. The monoisotopic (exact) mass is 410 g/mol. The molecule has 27 heavy (non-hydrogen) atoms. The highest BCUT2D eigenvalue weighted by atomic mass is 35.5. The smallest absolute Gasteiger partial charge is 0.326 e. The summed E-state index contributed by atoms with van der Waals surface area (Å²) in [5.41, 5.74) is 2.07. The van der Waals surface area contributed by atoms with E-state index in [1.54, 1.807) is 25.3 Å². The fourth-order valence-electron chi connectivity index (χ4n) is 2.09. The molecule has 3 N–H and O–H groups in total. The van der Waals surface area contributed by atoms with Gasteiger partial charge in [-0.3, -0.25) is 15.6 Å². The summed E-state index contributed by atoms with van der Waals surface area (Å²) >= 11 is 11.8. The first-order chi connectivity index (χ1) is 12.9. The number of hydrogen-bond acceptors (Lipinski definition) is 5. The van der Waals surface area contributed by atoms with Gasteiger partial charge in [0.2, 0.25) is 11.9 Å². The first kappa shape index (κ1) is 20.9. The number of hydrogen-bond donors (Lipinski definition) is 3. The standard InChI is InChI=1S/C17H20Cl2N6O2/c1-10-8-11(2)22-16(21-10)24-15(20-6-7-27-3)25-17(26)23-12-4-5-13(18)14(19)9-12/h4-5,8-9H,6-7H2,1-3H3,(H3,20,21,22,23,24,25,26). The predicted molar refractivity (Wildman–Crippen MR) is 108 cm³/mol. The number of methoxy groups -OCH3 is 1. The van der Waals surface area contributed by atoms with Crippen LogP contribution in [0.25, 0.3) is 0 Å². The number of aromatic nitrogens is 2. The second kappa shape index (κ2) is 10.1. The second-order valence-electron chi connectivity index (χ2n) is 5.53. The highest BCUT2D eigenvalue weighted by molar-refractivity contribution is 6.42. The van der Waals surface area contributed by atoms with Gasteiger partial charge >= 0.3 is 6.03 Å². The van der Waals surface area contributed by atoms with Crippen molar-refractivity contribution in [1.29, 1.82) is 0 Å². The number of amides is 2. The zero-order valence-electron chi connectivity index (χ0n) is 15.1. The number of nitrogens with zero attached hydrogens (tertiary/aromatic N) is 3. The van der Waals surface area contributed by atoms with Crippen molar-refractivity contribution in [2.45, 2.75) is 13.8 Å². The predicted octanol–water partition coefficient (Wildman–Crippen LogP) is 3.64. The maximum absolute atomic E-state index is 12.3. The summed E-state index contributed by atoms with van der Waals surface area (Å²) < 4.78 is 4.98. The molecule has 0 spiro atoms. The third kappa shape index (κ3) is 7.01. The summed E-state index contributed by atoms with van der Waals surface area (Å²) in [6.45, 7) is 4.45. The Hall–Kier alpha value is -2.42. The quantitative estimate of drug-likeness (QED) is 0.396. The van der Waals surface area contributed by atoms with Gasteiger partial charge in [-0.2, -0.15) is 0 Å². The third-order valence-electron chi connectivity index (χ3n) is 3.19. The Morgan fingerprint density at radius 3 is 2.44 bits per heavy atom. The summed E-state index contributed by atoms with van der Waals surface area (Å²) in [6.07, 6.45) is 0. The third-order valence-corrected chi connectivity index (χ3v) is 3.93. The average Bonchev–Trinajstić information content (AvgIpc) is 2.57. The molecule has 2 rings (SSSR count). The minimum Gasteiger partial charge on any atom is -0.383 e. The number of aryl methyl sites for hydroxylation is 2. The van der Waals surface area contributed by atoms with E-state index in [-0.39, 0.29) is 5.96 Å². The number of nitrogens with one attached hydrogen (secondary N) is 3. The van der Waals surface area contributed by atoms with Crippen LogP contribution in [-0.4, -0.2) is 42.2 Å². The van der Waals surface area contributed by atoms with Crippen molar-refractivity contribution in [2.24, 2.45) is 4.99 Å². The van der Waals surface area contributed by atoms with E-state index in [4.69, 9.17) is 27.9 Å². The van der Waals surface area contributed by atoms with E-state index >= 15 is 0 Å². The molecule has 1 heterocycles. The Balaban J connectivity index is 2.09. The van der Waals surface area contributed by atoms with Crippen LogP contribution in [0.4, 0.5) is 16.4 Å². The number of halogens is 2. The van der Waals surface area contributed by atoms with Crippen LogP contribution in [0.5, 0.6) is 0 Å². The molecule has 0 saturated heterocycles. The summed E-state index contributed by atoms with van der Waals surface area (Å²) in [5.74, 6) is 0.521. The molecule has 0 aliphatic rings. The molecule has 0 bridgehead atoms. The zero-order valence-corrected chi connectivity index (χ0v) is 16.6. The molecule has 0 aliphatic heterocycles. The van der Waals surface area contributed by atoms with Gasteiger partial charge in [0, 0.05) is 24.2 Å². The molecule has 10 heteroatoms. The van der Waals surface area contributed by atoms with Gasteiger partial charge < -0.3 is 10.1 Å². The van der Waals surface area contributed by atoms with Crippen molar-refractivity contribution in [1.82, 2.24) is 15.3 Å². The summed E-state index contributed by atoms with van der Waals surface area (Å²) in [7, 11) is 1.57. The molecule has 1 aromatic carbocycles. The van der Waals surface area contributed by atoms with Gasteiger partial charge in [-0.15, -0.1) is 0 Å². The normalized spacial score (nSPS) is 11.2. The van der Waals surface area contributed by atoms with Crippen LogP contribution >= 0.6 is 23.2 Å². The van der Waals surface area contributed by atoms with Crippen LogP contribution in [0.15, 0.2) is 29.3 Å². The maximum atomic E-state index is 12.3. The lowest BCUT2D eigenvalue weighted by atomic mass is 10.3. The average molecular weight is 411 g/mol. The molecular weight excluding hydrogens is 391 g/mol. The molecule has 0 aliphatic carbocycles. The van der Waals surface area contributed by atoms with Crippen LogP contribution in [0.2, 0.25) is 10.0 Å². The van der Waals surface area contributed by atoms with Crippen LogP contribution in [0.3, 0.4) is 0 Å². The molecular formula is C17H20Cl2N6O2. The van der Waals surface area contributed by atoms with Crippen molar-refractivity contribution in [3.05, 3.63) is 45.7 Å². The maximum Gasteiger partial charge on any atom is 0.326 e. The number of guanidine groups is 1. The Morgan fingerprint density at radius 1 is 1.11 bits per heavy atom. The van der Waals surface area contributed by atoms with Crippen molar-refractivity contribution in [2.75, 3.05) is 30.9 Å². The topological polar surface area (TPSA) is 101 Å². The lowest BCUT2D eigenvalue weighted by Crippen LogP contribution is -2.39. The molecule has 0 fully saturated rings. The van der Waals surface area contributed by atoms with E-state index < -0.39 is 6.03 Å². The number of carbonyl (C=O) groups is 1. The van der Waals surface area contributed by atoms with Crippen molar-refractivity contribution >= 4 is 46.8 Å². The van der Waals surface area contributed by atoms with E-state index in [1.807, 2.05) is 19.9 Å². The number of aliphatic imine (C=N–C) groups is 1. The van der Waals surface area contributed by atoms with E-state index in [1.165, 1.54) is 0 Å².